The van der Waals surface area contributed by atoms with Gasteiger partial charge in [-0.25, -0.2) is 0 Å². The number of hydrogen-bond donors (Lipinski definition) is 1. The molecule has 1 saturated heterocycles. The number of amides is 1. The summed E-state index contributed by atoms with van der Waals surface area (Å²) < 4.78 is 0. The number of carbonyl (C=O) groups is 2. The monoisotopic (exact) mass is 266 g/mol. The van der Waals surface area contributed by atoms with Crippen LogP contribution >= 0.6 is 0 Å². The zero-order valence-corrected chi connectivity index (χ0v) is 11.4. The molecule has 0 bridgehead atoms. The number of carboxylic acids is 1. The van der Waals surface area contributed by atoms with Crippen LogP contribution in [-0.2, 0) is 9.59 Å². The molecule has 3 rings (SSSR count). The molecule has 1 heterocycles. The zero-order valence-electron chi connectivity index (χ0n) is 11.4. The maximum absolute atomic E-state index is 12.4. The van der Waals surface area contributed by atoms with Crippen molar-refractivity contribution < 1.29 is 14.7 Å². The first-order valence-electron chi connectivity index (χ1n) is 7.32. The van der Waals surface area contributed by atoms with Crippen molar-refractivity contribution >= 4 is 11.9 Å². The minimum atomic E-state index is -0.782. The van der Waals surface area contributed by atoms with E-state index in [1.807, 2.05) is 9.80 Å². The summed E-state index contributed by atoms with van der Waals surface area (Å²) in [7, 11) is 0. The van der Waals surface area contributed by atoms with Crippen LogP contribution in [0.5, 0.6) is 0 Å². The van der Waals surface area contributed by atoms with E-state index in [0.29, 0.717) is 32.1 Å². The number of hydrogen-bond acceptors (Lipinski definition) is 3. The molecule has 0 radical (unpaired) electrons. The van der Waals surface area contributed by atoms with Gasteiger partial charge in [-0.1, -0.05) is 0 Å². The molecule has 3 aliphatic rings. The van der Waals surface area contributed by atoms with Crippen molar-refractivity contribution in [2.75, 3.05) is 26.2 Å². The summed E-state index contributed by atoms with van der Waals surface area (Å²) in [6.45, 7) is 4.44. The molecule has 1 aliphatic heterocycles. The highest BCUT2D eigenvalue weighted by Crippen LogP contribution is 2.54. The maximum Gasteiger partial charge on any atom is 0.320 e. The Hall–Kier alpha value is -1.10. The van der Waals surface area contributed by atoms with Gasteiger partial charge in [0, 0.05) is 32.1 Å². The normalized spacial score (nSPS) is 35.8. The summed E-state index contributed by atoms with van der Waals surface area (Å²) in [5, 5.41) is 8.99. The van der Waals surface area contributed by atoms with Gasteiger partial charge in [0.05, 0.1) is 0 Å². The number of carboxylic acid groups (broad SMARTS) is 1. The molecule has 5 heteroatoms. The van der Waals surface area contributed by atoms with Gasteiger partial charge in [-0.2, -0.15) is 0 Å². The molecule has 0 aromatic carbocycles. The Bertz CT molecular complexity index is 380. The summed E-state index contributed by atoms with van der Waals surface area (Å²) in [5.74, 6) is 1.46. The van der Waals surface area contributed by atoms with Gasteiger partial charge in [0.1, 0.15) is 6.04 Å². The first-order chi connectivity index (χ1) is 9.06. The second-order valence-corrected chi connectivity index (χ2v) is 6.30. The molecule has 1 N–H and O–H groups in total. The molecule has 0 aromatic heterocycles. The molecule has 3 unspecified atom stereocenters. The molecule has 5 nitrogen and oxygen atoms in total. The highest BCUT2D eigenvalue weighted by molar-refractivity contribution is 5.79. The minimum absolute atomic E-state index is 0.257. The Morgan fingerprint density at radius 2 is 1.63 bits per heavy atom. The molecule has 3 fully saturated rings. The summed E-state index contributed by atoms with van der Waals surface area (Å²) >= 11 is 0. The van der Waals surface area contributed by atoms with Crippen molar-refractivity contribution in [1.29, 1.82) is 0 Å². The van der Waals surface area contributed by atoms with Gasteiger partial charge >= 0.3 is 5.97 Å². The number of aliphatic carboxylic acids is 1. The fraction of sp³-hybridized carbons (Fsp3) is 0.857. The maximum atomic E-state index is 12.4. The first-order valence-corrected chi connectivity index (χ1v) is 7.32. The van der Waals surface area contributed by atoms with Crippen molar-refractivity contribution in [1.82, 2.24) is 9.80 Å². The third kappa shape index (κ3) is 2.48. The van der Waals surface area contributed by atoms with Crippen LogP contribution in [0.1, 0.15) is 26.2 Å². The molecule has 1 amide bonds. The van der Waals surface area contributed by atoms with Crippen molar-refractivity contribution in [2.24, 2.45) is 17.8 Å². The second-order valence-electron chi connectivity index (χ2n) is 6.30. The van der Waals surface area contributed by atoms with E-state index in [1.165, 1.54) is 6.42 Å². The lowest BCUT2D eigenvalue weighted by Crippen LogP contribution is -2.54. The van der Waals surface area contributed by atoms with Crippen LogP contribution in [0.3, 0.4) is 0 Å². The van der Waals surface area contributed by atoms with Crippen LogP contribution in [0.4, 0.5) is 0 Å². The van der Waals surface area contributed by atoms with E-state index >= 15 is 0 Å². The van der Waals surface area contributed by atoms with Crippen LogP contribution in [0.15, 0.2) is 0 Å². The third-order valence-corrected chi connectivity index (χ3v) is 5.12. The number of carbonyl (C=O) groups excluding carboxylic acids is 1. The molecule has 2 saturated carbocycles. The van der Waals surface area contributed by atoms with E-state index < -0.39 is 12.0 Å². The highest BCUT2D eigenvalue weighted by Gasteiger charge is 2.48. The Kier molecular flexibility index (Phi) is 3.25. The zero-order chi connectivity index (χ0) is 13.6. The molecule has 2 aliphatic carbocycles. The van der Waals surface area contributed by atoms with Gasteiger partial charge in [-0.05, 0) is 38.0 Å². The molecule has 19 heavy (non-hydrogen) atoms. The van der Waals surface area contributed by atoms with Crippen molar-refractivity contribution in [3.05, 3.63) is 0 Å². The van der Waals surface area contributed by atoms with Gasteiger partial charge in [-0.3, -0.25) is 14.5 Å². The standard InChI is InChI=1S/C14H22N2O3/c1-9(14(18)19)15-2-4-16(5-3-15)13(17)12-7-10-6-11(10)8-12/h9-12H,2-8H2,1H3,(H,18,19). The van der Waals surface area contributed by atoms with E-state index in [4.69, 9.17) is 5.11 Å². The summed E-state index contributed by atoms with van der Waals surface area (Å²) in [6.07, 6.45) is 3.53. The largest absolute Gasteiger partial charge is 0.480 e. The smallest absolute Gasteiger partial charge is 0.320 e. The number of fused-ring (bicyclic) bond motifs is 1. The Morgan fingerprint density at radius 3 is 2.16 bits per heavy atom. The van der Waals surface area contributed by atoms with Crippen molar-refractivity contribution in [3.63, 3.8) is 0 Å². The first kappa shape index (κ1) is 12.9. The Balaban J connectivity index is 1.49. The van der Waals surface area contributed by atoms with Gasteiger partial charge in [-0.15, -0.1) is 0 Å². The van der Waals surface area contributed by atoms with Crippen LogP contribution in [0.2, 0.25) is 0 Å². The average molecular weight is 266 g/mol. The summed E-state index contributed by atoms with van der Waals surface area (Å²) in [4.78, 5) is 27.2. The second kappa shape index (κ2) is 4.78. The van der Waals surface area contributed by atoms with E-state index in [9.17, 15) is 9.59 Å². The van der Waals surface area contributed by atoms with Gasteiger partial charge in [0.2, 0.25) is 5.91 Å². The quantitative estimate of drug-likeness (QED) is 0.815. The molecular weight excluding hydrogens is 244 g/mol. The lowest BCUT2D eigenvalue weighted by Gasteiger charge is -2.37. The molecular formula is C14H22N2O3. The molecule has 106 valence electrons. The van der Waals surface area contributed by atoms with E-state index in [-0.39, 0.29) is 5.92 Å². The highest BCUT2D eigenvalue weighted by atomic mass is 16.4. The summed E-state index contributed by atoms with van der Waals surface area (Å²) in [6, 6.07) is -0.448. The lowest BCUT2D eigenvalue weighted by atomic mass is 10.0. The topological polar surface area (TPSA) is 60.9 Å². The van der Waals surface area contributed by atoms with E-state index in [1.54, 1.807) is 6.92 Å². The lowest BCUT2D eigenvalue weighted by molar-refractivity contribution is -0.144. The van der Waals surface area contributed by atoms with Crippen LogP contribution < -0.4 is 0 Å². The molecule has 0 spiro atoms. The fourth-order valence-corrected chi connectivity index (χ4v) is 3.66. The predicted octanol–water partition coefficient (Wildman–Crippen LogP) is 0.650. The van der Waals surface area contributed by atoms with Gasteiger partial charge in [0.15, 0.2) is 0 Å². The number of nitrogens with zero attached hydrogens (tertiary/aromatic N) is 2. The van der Waals surface area contributed by atoms with Crippen LogP contribution in [-0.4, -0.2) is 59.0 Å². The summed E-state index contributed by atoms with van der Waals surface area (Å²) in [5.41, 5.74) is 0. The van der Waals surface area contributed by atoms with E-state index in [2.05, 4.69) is 0 Å². The molecule has 3 atom stereocenters. The third-order valence-electron chi connectivity index (χ3n) is 5.12. The fourth-order valence-electron chi connectivity index (χ4n) is 3.66. The minimum Gasteiger partial charge on any atom is -0.480 e. The Morgan fingerprint density at radius 1 is 1.05 bits per heavy atom. The van der Waals surface area contributed by atoms with E-state index in [0.717, 1.165) is 24.7 Å². The number of rotatable bonds is 3. The number of piperazine rings is 1. The Labute approximate surface area is 113 Å². The van der Waals surface area contributed by atoms with Crippen molar-refractivity contribution in [3.8, 4) is 0 Å². The molecule has 0 aromatic rings. The SMILES string of the molecule is CC(C(=O)O)N1CCN(C(=O)C2CC3CC3C2)CC1. The average Bonchev–Trinajstić information content (AvgIpc) is 3.03. The van der Waals surface area contributed by atoms with Gasteiger partial charge in [0.25, 0.3) is 0 Å². The van der Waals surface area contributed by atoms with Crippen LogP contribution in [0.25, 0.3) is 0 Å². The van der Waals surface area contributed by atoms with Crippen molar-refractivity contribution in [2.45, 2.75) is 32.2 Å². The van der Waals surface area contributed by atoms with Crippen LogP contribution in [0, 0.1) is 17.8 Å². The predicted molar refractivity (Wildman–Crippen MR) is 69.6 cm³/mol. The van der Waals surface area contributed by atoms with Gasteiger partial charge < -0.3 is 10.0 Å².